The van der Waals surface area contributed by atoms with Crippen molar-refractivity contribution in [3.63, 3.8) is 0 Å². The van der Waals surface area contributed by atoms with Crippen LogP contribution in [0.5, 0.6) is 11.5 Å². The van der Waals surface area contributed by atoms with Gasteiger partial charge in [0, 0.05) is 40.6 Å². The number of carbonyl (C=O) groups excluding carboxylic acids is 3. The number of hydrogen-bond acceptors (Lipinski definition) is 6. The van der Waals surface area contributed by atoms with Crippen molar-refractivity contribution in [2.75, 3.05) is 26.3 Å². The fraction of sp³-hybridized carbons (Fsp3) is 0.367. The average molecular weight is 551 g/mol. The molecule has 3 heterocycles. The molecule has 0 saturated carbocycles. The Labute approximate surface area is 232 Å². The van der Waals surface area contributed by atoms with Gasteiger partial charge in [-0.25, -0.2) is 0 Å². The van der Waals surface area contributed by atoms with Crippen molar-refractivity contribution in [1.82, 2.24) is 9.47 Å². The van der Waals surface area contributed by atoms with Crippen molar-refractivity contribution >= 4 is 29.3 Å². The Kier molecular flexibility index (Phi) is 7.93. The molecule has 8 nitrogen and oxygen atoms in total. The predicted molar refractivity (Wildman–Crippen MR) is 146 cm³/mol. The highest BCUT2D eigenvalue weighted by atomic mass is 35.5. The summed E-state index contributed by atoms with van der Waals surface area (Å²) in [5.74, 6) is 0.362. The molecule has 2 aliphatic heterocycles. The van der Waals surface area contributed by atoms with Crippen molar-refractivity contribution < 1.29 is 28.6 Å². The molecule has 2 aromatic carbocycles. The van der Waals surface area contributed by atoms with E-state index < -0.39 is 5.97 Å². The van der Waals surface area contributed by atoms with Crippen LogP contribution in [-0.4, -0.2) is 59.5 Å². The van der Waals surface area contributed by atoms with Crippen LogP contribution in [0.25, 0.3) is 0 Å². The summed E-state index contributed by atoms with van der Waals surface area (Å²) in [4.78, 5) is 40.1. The summed E-state index contributed by atoms with van der Waals surface area (Å²) in [5.41, 5.74) is 2.81. The number of ether oxygens (including phenoxy) is 3. The highest BCUT2D eigenvalue weighted by Crippen LogP contribution is 2.31. The third-order valence-electron chi connectivity index (χ3n) is 7.38. The van der Waals surface area contributed by atoms with Gasteiger partial charge in [-0.05, 0) is 69.2 Å². The topological polar surface area (TPSA) is 87.1 Å². The Balaban J connectivity index is 1.12. The number of hydrogen-bond donors (Lipinski definition) is 0. The Morgan fingerprint density at radius 3 is 2.41 bits per heavy atom. The second-order valence-corrected chi connectivity index (χ2v) is 10.4. The van der Waals surface area contributed by atoms with Crippen LogP contribution in [0.2, 0.25) is 5.02 Å². The van der Waals surface area contributed by atoms with Crippen molar-refractivity contribution in [3.05, 3.63) is 82.1 Å². The molecule has 1 fully saturated rings. The van der Waals surface area contributed by atoms with E-state index in [0.717, 1.165) is 17.1 Å². The summed E-state index contributed by atoms with van der Waals surface area (Å²) in [7, 11) is 0. The molecule has 39 heavy (non-hydrogen) atoms. The smallest absolute Gasteiger partial charge is 0.309 e. The molecule has 1 aromatic heterocycles. The summed E-state index contributed by atoms with van der Waals surface area (Å²) < 4.78 is 19.4. The molecule has 1 saturated heterocycles. The highest BCUT2D eigenvalue weighted by molar-refractivity contribution is 6.30. The van der Waals surface area contributed by atoms with Gasteiger partial charge in [0.05, 0.1) is 12.5 Å². The third-order valence-corrected chi connectivity index (χ3v) is 7.63. The van der Waals surface area contributed by atoms with Gasteiger partial charge in [0.2, 0.25) is 5.78 Å². The van der Waals surface area contributed by atoms with Crippen LogP contribution in [0.1, 0.15) is 44.9 Å². The van der Waals surface area contributed by atoms with E-state index in [4.69, 9.17) is 25.8 Å². The lowest BCUT2D eigenvalue weighted by molar-refractivity contribution is -0.148. The van der Waals surface area contributed by atoms with E-state index in [1.807, 2.05) is 48.7 Å². The molecule has 0 N–H and O–H groups in total. The molecule has 1 amide bonds. The predicted octanol–water partition coefficient (Wildman–Crippen LogP) is 4.88. The molecule has 0 unspecified atom stereocenters. The number of aromatic nitrogens is 1. The molecule has 5 rings (SSSR count). The lowest BCUT2D eigenvalue weighted by Crippen LogP contribution is -2.40. The first kappa shape index (κ1) is 26.8. The van der Waals surface area contributed by atoms with Crippen LogP contribution in [0.4, 0.5) is 0 Å². The van der Waals surface area contributed by atoms with Gasteiger partial charge in [-0.2, -0.15) is 0 Å². The number of esters is 1. The fourth-order valence-corrected chi connectivity index (χ4v) is 5.27. The normalized spacial score (nSPS) is 17.1. The summed E-state index contributed by atoms with van der Waals surface area (Å²) in [6, 6.07) is 16.1. The summed E-state index contributed by atoms with van der Waals surface area (Å²) in [5, 5.41) is 0.573. The SMILES string of the molecule is Cc1cc(C(=O)COC(=O)C2CCN(C(=O)c3ccc(Cl)cc3)CC2)c(C)n1C[C@H]1COc2ccccc2O1. The Bertz CT molecular complexity index is 1370. The minimum absolute atomic E-state index is 0.0848. The van der Waals surface area contributed by atoms with E-state index in [1.54, 1.807) is 29.2 Å². The zero-order chi connectivity index (χ0) is 27.5. The number of nitrogens with zero attached hydrogens (tertiary/aromatic N) is 2. The fourth-order valence-electron chi connectivity index (χ4n) is 5.15. The van der Waals surface area contributed by atoms with Gasteiger partial charge in [-0.15, -0.1) is 0 Å². The van der Waals surface area contributed by atoms with Crippen LogP contribution in [0.3, 0.4) is 0 Å². The molecule has 3 aromatic rings. The standard InChI is InChI=1S/C30H31ClN2O6/c1-19-15-25(20(2)33(19)16-24-17-37-27-5-3-4-6-28(27)39-24)26(34)18-38-30(36)22-11-13-32(14-12-22)29(35)21-7-9-23(31)10-8-21/h3-10,15,22,24H,11-14,16-18H2,1-2H3/t24-/m0/s1. The van der Waals surface area contributed by atoms with Gasteiger partial charge in [-0.1, -0.05) is 23.7 Å². The maximum Gasteiger partial charge on any atom is 0.309 e. The van der Waals surface area contributed by atoms with Crippen molar-refractivity contribution in [2.24, 2.45) is 5.92 Å². The van der Waals surface area contributed by atoms with E-state index >= 15 is 0 Å². The van der Waals surface area contributed by atoms with Gasteiger partial charge in [0.25, 0.3) is 5.91 Å². The molecule has 1 atom stereocenters. The minimum atomic E-state index is -0.401. The second kappa shape index (κ2) is 11.5. The first-order valence-electron chi connectivity index (χ1n) is 13.1. The Morgan fingerprint density at radius 1 is 1.00 bits per heavy atom. The number of likely N-dealkylation sites (tertiary alicyclic amines) is 1. The number of para-hydroxylation sites is 2. The average Bonchev–Trinajstić information content (AvgIpc) is 3.24. The van der Waals surface area contributed by atoms with E-state index in [9.17, 15) is 14.4 Å². The molecule has 204 valence electrons. The largest absolute Gasteiger partial charge is 0.486 e. The van der Waals surface area contributed by atoms with Gasteiger partial charge in [0.1, 0.15) is 6.61 Å². The van der Waals surface area contributed by atoms with E-state index in [1.165, 1.54) is 0 Å². The molecule has 2 aliphatic rings. The van der Waals surface area contributed by atoms with Crippen LogP contribution >= 0.6 is 11.6 Å². The number of halogens is 1. The lowest BCUT2D eigenvalue weighted by Gasteiger charge is -2.31. The number of benzene rings is 2. The molecular weight excluding hydrogens is 520 g/mol. The number of piperidine rings is 1. The van der Waals surface area contributed by atoms with Gasteiger partial charge < -0.3 is 23.7 Å². The highest BCUT2D eigenvalue weighted by Gasteiger charge is 2.30. The van der Waals surface area contributed by atoms with Crippen molar-refractivity contribution in [2.45, 2.75) is 39.3 Å². The second-order valence-electron chi connectivity index (χ2n) is 10.00. The summed E-state index contributed by atoms with van der Waals surface area (Å²) in [6.07, 6.45) is 0.795. The van der Waals surface area contributed by atoms with Gasteiger partial charge in [-0.3, -0.25) is 14.4 Å². The number of aryl methyl sites for hydroxylation is 1. The van der Waals surface area contributed by atoms with Crippen molar-refractivity contribution in [3.8, 4) is 11.5 Å². The van der Waals surface area contributed by atoms with Gasteiger partial charge >= 0.3 is 5.97 Å². The number of carbonyl (C=O) groups is 3. The van der Waals surface area contributed by atoms with Crippen LogP contribution < -0.4 is 9.47 Å². The minimum Gasteiger partial charge on any atom is -0.486 e. The maximum atomic E-state index is 13.0. The molecule has 0 spiro atoms. The molecule has 9 heteroatoms. The Morgan fingerprint density at radius 2 is 1.69 bits per heavy atom. The number of amides is 1. The quantitative estimate of drug-likeness (QED) is 0.308. The van der Waals surface area contributed by atoms with E-state index in [0.29, 0.717) is 61.0 Å². The van der Waals surface area contributed by atoms with Crippen LogP contribution in [-0.2, 0) is 16.1 Å². The van der Waals surface area contributed by atoms with E-state index in [-0.39, 0.29) is 30.3 Å². The van der Waals surface area contributed by atoms with Crippen LogP contribution in [0.15, 0.2) is 54.6 Å². The molecule has 0 radical (unpaired) electrons. The van der Waals surface area contributed by atoms with Crippen molar-refractivity contribution in [1.29, 1.82) is 0 Å². The number of Topliss-reactive ketones (excluding diaryl/α,β-unsaturated/α-hetero) is 1. The molecular formula is C30H31ClN2O6. The summed E-state index contributed by atoms with van der Waals surface area (Å²) in [6.45, 7) is 5.36. The zero-order valence-corrected chi connectivity index (χ0v) is 22.8. The monoisotopic (exact) mass is 550 g/mol. The zero-order valence-electron chi connectivity index (χ0n) is 22.0. The van der Waals surface area contributed by atoms with Crippen LogP contribution in [0, 0.1) is 19.8 Å². The number of ketones is 1. The number of fused-ring (bicyclic) bond motifs is 1. The lowest BCUT2D eigenvalue weighted by atomic mass is 9.96. The molecule has 0 bridgehead atoms. The Hall–Kier alpha value is -3.78. The first-order valence-corrected chi connectivity index (χ1v) is 13.5. The summed E-state index contributed by atoms with van der Waals surface area (Å²) >= 11 is 5.91. The first-order chi connectivity index (χ1) is 18.8. The maximum absolute atomic E-state index is 13.0. The third kappa shape index (κ3) is 5.96. The van der Waals surface area contributed by atoms with Gasteiger partial charge in [0.15, 0.2) is 24.2 Å². The van der Waals surface area contributed by atoms with E-state index in [2.05, 4.69) is 0 Å². The molecule has 0 aliphatic carbocycles. The number of rotatable bonds is 7.